The van der Waals surface area contributed by atoms with Crippen LogP contribution in [-0.4, -0.2) is 49.3 Å². The van der Waals surface area contributed by atoms with E-state index in [0.29, 0.717) is 23.7 Å². The molecule has 0 saturated carbocycles. The van der Waals surface area contributed by atoms with Crippen LogP contribution in [0.2, 0.25) is 0 Å². The van der Waals surface area contributed by atoms with Gasteiger partial charge in [-0.1, -0.05) is 44.2 Å². The molecule has 144 valence electrons. The molecule has 2 aromatic rings. The smallest absolute Gasteiger partial charge is 0.336 e. The number of likely N-dealkylation sites (N-methyl/N-ethyl adjacent to an activating group) is 1. The monoisotopic (exact) mass is 369 g/mol. The third kappa shape index (κ3) is 5.86. The Hall–Kier alpha value is -2.79. The van der Waals surface area contributed by atoms with Gasteiger partial charge >= 0.3 is 5.97 Å². The molecule has 0 aliphatic heterocycles. The summed E-state index contributed by atoms with van der Waals surface area (Å²) in [5.74, 6) is 0.374. The van der Waals surface area contributed by atoms with Crippen LogP contribution in [0.5, 0.6) is 11.5 Å². The van der Waals surface area contributed by atoms with Gasteiger partial charge in [-0.3, -0.25) is 0 Å². The van der Waals surface area contributed by atoms with Gasteiger partial charge in [0.25, 0.3) is 0 Å². The van der Waals surface area contributed by atoms with Crippen LogP contribution in [0.3, 0.4) is 0 Å². The molecule has 2 rings (SSSR count). The first-order valence-corrected chi connectivity index (χ1v) is 9.12. The number of carbonyl (C=O) groups is 1. The van der Waals surface area contributed by atoms with Crippen LogP contribution in [-0.2, 0) is 4.79 Å². The van der Waals surface area contributed by atoms with Gasteiger partial charge in [0.05, 0.1) is 12.7 Å². The van der Waals surface area contributed by atoms with E-state index in [9.17, 15) is 9.90 Å². The van der Waals surface area contributed by atoms with Crippen molar-refractivity contribution in [2.45, 2.75) is 13.8 Å². The Bertz CT molecular complexity index is 764. The maximum atomic E-state index is 11.8. The van der Waals surface area contributed by atoms with Crippen molar-refractivity contribution in [3.63, 3.8) is 0 Å². The van der Waals surface area contributed by atoms with Crippen molar-refractivity contribution in [1.29, 1.82) is 0 Å². The zero-order chi connectivity index (χ0) is 19.6. The van der Waals surface area contributed by atoms with Crippen molar-refractivity contribution >= 4 is 17.6 Å². The van der Waals surface area contributed by atoms with E-state index >= 15 is 0 Å². The van der Waals surface area contributed by atoms with E-state index in [0.717, 1.165) is 25.2 Å². The summed E-state index contributed by atoms with van der Waals surface area (Å²) >= 11 is 0. The Balaban J connectivity index is 2.24. The number of carboxylic acids is 1. The van der Waals surface area contributed by atoms with Crippen molar-refractivity contribution in [3.05, 3.63) is 59.7 Å². The molecule has 1 N–H and O–H groups in total. The lowest BCUT2D eigenvalue weighted by Crippen LogP contribution is -2.28. The normalized spacial score (nSPS) is 11.5. The molecule has 0 aromatic heterocycles. The van der Waals surface area contributed by atoms with Crippen molar-refractivity contribution in [2.75, 3.05) is 33.4 Å². The lowest BCUT2D eigenvalue weighted by molar-refractivity contribution is -0.130. The summed E-state index contributed by atoms with van der Waals surface area (Å²) in [4.78, 5) is 14.1. The average Bonchev–Trinajstić information content (AvgIpc) is 2.70. The van der Waals surface area contributed by atoms with Crippen LogP contribution in [0.15, 0.2) is 48.5 Å². The van der Waals surface area contributed by atoms with Crippen LogP contribution < -0.4 is 9.47 Å². The molecular weight excluding hydrogens is 342 g/mol. The van der Waals surface area contributed by atoms with Gasteiger partial charge in [0.1, 0.15) is 18.1 Å². The highest BCUT2D eigenvalue weighted by atomic mass is 16.5. The summed E-state index contributed by atoms with van der Waals surface area (Å²) in [5, 5.41) is 9.67. The number of aliphatic carboxylic acids is 1. The molecule has 0 atom stereocenters. The minimum absolute atomic E-state index is 0.206. The lowest BCUT2D eigenvalue weighted by atomic mass is 10.0. The predicted octanol–water partition coefficient (Wildman–Crippen LogP) is 4.04. The second-order valence-electron chi connectivity index (χ2n) is 6.00. The Labute approximate surface area is 160 Å². The topological polar surface area (TPSA) is 59.0 Å². The Morgan fingerprint density at radius 2 is 1.74 bits per heavy atom. The van der Waals surface area contributed by atoms with Crippen molar-refractivity contribution in [2.24, 2.45) is 0 Å². The summed E-state index contributed by atoms with van der Waals surface area (Å²) < 4.78 is 11.1. The van der Waals surface area contributed by atoms with Crippen molar-refractivity contribution < 1.29 is 19.4 Å². The Kier molecular flexibility index (Phi) is 7.89. The summed E-state index contributed by atoms with van der Waals surface area (Å²) in [6.07, 6.45) is 1.65. The summed E-state index contributed by atoms with van der Waals surface area (Å²) in [5.41, 5.74) is 1.56. The van der Waals surface area contributed by atoms with E-state index < -0.39 is 5.97 Å². The van der Waals surface area contributed by atoms with Crippen molar-refractivity contribution in [3.8, 4) is 11.5 Å². The molecular formula is C22H27NO4. The highest BCUT2D eigenvalue weighted by Crippen LogP contribution is 2.26. The number of para-hydroxylation sites is 1. The number of hydrogen-bond acceptors (Lipinski definition) is 4. The quantitative estimate of drug-likeness (QED) is 0.506. The summed E-state index contributed by atoms with van der Waals surface area (Å²) in [7, 11) is 1.58. The van der Waals surface area contributed by atoms with E-state index in [2.05, 4.69) is 18.7 Å². The van der Waals surface area contributed by atoms with Gasteiger partial charge in [-0.25, -0.2) is 4.79 Å². The molecule has 0 spiro atoms. The largest absolute Gasteiger partial charge is 0.497 e. The van der Waals surface area contributed by atoms with E-state index in [4.69, 9.17) is 9.47 Å². The van der Waals surface area contributed by atoms with Gasteiger partial charge in [-0.15, -0.1) is 0 Å². The Morgan fingerprint density at radius 3 is 2.33 bits per heavy atom. The minimum Gasteiger partial charge on any atom is -0.497 e. The zero-order valence-corrected chi connectivity index (χ0v) is 16.1. The van der Waals surface area contributed by atoms with Gasteiger partial charge in [0, 0.05) is 12.1 Å². The molecule has 2 aromatic carbocycles. The summed E-state index contributed by atoms with van der Waals surface area (Å²) in [6, 6.07) is 14.5. The third-order valence-electron chi connectivity index (χ3n) is 4.41. The van der Waals surface area contributed by atoms with Crippen LogP contribution in [0.4, 0.5) is 0 Å². The van der Waals surface area contributed by atoms with Gasteiger partial charge in [-0.05, 0) is 42.9 Å². The maximum Gasteiger partial charge on any atom is 0.336 e. The van der Waals surface area contributed by atoms with Crippen molar-refractivity contribution in [1.82, 2.24) is 4.90 Å². The molecule has 0 unspecified atom stereocenters. The number of hydrogen-bond donors (Lipinski definition) is 1. The minimum atomic E-state index is -0.988. The van der Waals surface area contributed by atoms with Gasteiger partial charge < -0.3 is 19.5 Å². The molecule has 27 heavy (non-hydrogen) atoms. The van der Waals surface area contributed by atoms with Crippen LogP contribution in [0.1, 0.15) is 25.0 Å². The maximum absolute atomic E-state index is 11.8. The average molecular weight is 369 g/mol. The molecule has 0 heterocycles. The highest BCUT2D eigenvalue weighted by molar-refractivity contribution is 6.20. The Morgan fingerprint density at radius 1 is 1.07 bits per heavy atom. The number of rotatable bonds is 10. The number of nitrogens with zero attached hydrogens (tertiary/aromatic N) is 1. The number of benzene rings is 2. The highest BCUT2D eigenvalue weighted by Gasteiger charge is 2.12. The molecule has 0 fully saturated rings. The zero-order valence-electron chi connectivity index (χ0n) is 16.1. The van der Waals surface area contributed by atoms with E-state index in [-0.39, 0.29) is 5.57 Å². The first kappa shape index (κ1) is 20.5. The fourth-order valence-corrected chi connectivity index (χ4v) is 2.75. The van der Waals surface area contributed by atoms with Crippen LogP contribution in [0, 0.1) is 0 Å². The number of methoxy groups -OCH3 is 1. The van der Waals surface area contributed by atoms with Crippen LogP contribution >= 0.6 is 0 Å². The fraction of sp³-hybridized carbons (Fsp3) is 0.318. The van der Waals surface area contributed by atoms with Crippen LogP contribution in [0.25, 0.3) is 11.6 Å². The lowest BCUT2D eigenvalue weighted by Gasteiger charge is -2.18. The molecule has 0 saturated heterocycles. The molecule has 5 heteroatoms. The van der Waals surface area contributed by atoms with E-state index in [1.165, 1.54) is 0 Å². The molecule has 0 aliphatic carbocycles. The number of carboxylic acid groups (broad SMARTS) is 1. The standard InChI is InChI=1S/C22H27NO4/c1-4-23(5-2)14-15-27-21-9-7-6-8-18(21)16-20(22(24)25)17-10-12-19(26-3)13-11-17/h6-13,16H,4-5,14-15H2,1-3H3,(H,24,25)/b20-16-. The summed E-state index contributed by atoms with van der Waals surface area (Å²) in [6.45, 7) is 7.57. The second-order valence-corrected chi connectivity index (χ2v) is 6.00. The first-order valence-electron chi connectivity index (χ1n) is 9.12. The molecule has 0 amide bonds. The number of ether oxygens (including phenoxy) is 2. The van der Waals surface area contributed by atoms with Gasteiger partial charge in [0.15, 0.2) is 0 Å². The fourth-order valence-electron chi connectivity index (χ4n) is 2.75. The van der Waals surface area contributed by atoms with E-state index in [1.54, 1.807) is 37.5 Å². The predicted molar refractivity (Wildman–Crippen MR) is 108 cm³/mol. The SMILES string of the molecule is CCN(CC)CCOc1ccccc1/C=C(\C(=O)O)c1ccc(OC)cc1. The molecule has 5 nitrogen and oxygen atoms in total. The van der Waals surface area contributed by atoms with E-state index in [1.807, 2.05) is 24.3 Å². The third-order valence-corrected chi connectivity index (χ3v) is 4.41. The molecule has 0 bridgehead atoms. The first-order chi connectivity index (χ1) is 13.1. The molecule has 0 radical (unpaired) electrons. The molecule has 0 aliphatic rings. The van der Waals surface area contributed by atoms with Gasteiger partial charge in [-0.2, -0.15) is 0 Å². The second kappa shape index (κ2) is 10.4. The van der Waals surface area contributed by atoms with Gasteiger partial charge in [0.2, 0.25) is 0 Å².